The maximum Gasteiger partial charge on any atom is 0.305 e. The number of aliphatic hydroxyl groups is 1. The molecule has 0 spiro atoms. The van der Waals surface area contributed by atoms with E-state index in [1.54, 1.807) is 0 Å². The Morgan fingerprint density at radius 2 is 2.09 bits per heavy atom. The number of ether oxygens (including phenoxy) is 1. The van der Waals surface area contributed by atoms with Gasteiger partial charge in [0.1, 0.15) is 0 Å². The van der Waals surface area contributed by atoms with Crippen molar-refractivity contribution in [3.05, 3.63) is 35.4 Å². The Morgan fingerprint density at radius 1 is 1.35 bits per heavy atom. The average molecular weight is 317 g/mol. The monoisotopic (exact) mass is 317 g/mol. The lowest BCUT2D eigenvalue weighted by Crippen LogP contribution is -2.45. The lowest BCUT2D eigenvalue weighted by Gasteiger charge is -2.43. The minimum Gasteiger partial charge on any atom is -0.466 e. The quantitative estimate of drug-likeness (QED) is 0.816. The first-order chi connectivity index (χ1) is 10.9. The van der Waals surface area contributed by atoms with Crippen molar-refractivity contribution < 1.29 is 14.6 Å². The molecule has 0 radical (unpaired) electrons. The molecule has 23 heavy (non-hydrogen) atoms. The summed E-state index contributed by atoms with van der Waals surface area (Å²) in [5, 5.41) is 9.36. The van der Waals surface area contributed by atoms with E-state index in [1.165, 1.54) is 5.57 Å². The van der Waals surface area contributed by atoms with Crippen LogP contribution in [-0.4, -0.2) is 29.8 Å². The Morgan fingerprint density at radius 3 is 2.74 bits per heavy atom. The van der Waals surface area contributed by atoms with E-state index in [1.807, 2.05) is 13.0 Å². The van der Waals surface area contributed by atoms with Gasteiger partial charge in [-0.1, -0.05) is 12.1 Å². The Balaban J connectivity index is 2.20. The van der Waals surface area contributed by atoms with Crippen molar-refractivity contribution in [1.82, 2.24) is 0 Å². The summed E-state index contributed by atoms with van der Waals surface area (Å²) in [5.41, 5.74) is 4.36. The number of benzene rings is 1. The van der Waals surface area contributed by atoms with Gasteiger partial charge >= 0.3 is 5.97 Å². The molecular weight excluding hydrogens is 290 g/mol. The summed E-state index contributed by atoms with van der Waals surface area (Å²) in [6, 6.07) is 6.09. The predicted octanol–water partition coefficient (Wildman–Crippen LogP) is 3.52. The van der Waals surface area contributed by atoms with Crippen LogP contribution >= 0.6 is 0 Å². The van der Waals surface area contributed by atoms with Gasteiger partial charge in [0.05, 0.1) is 18.8 Å². The number of hydrogen-bond donors (Lipinski definition) is 1. The van der Waals surface area contributed by atoms with Crippen molar-refractivity contribution in [3.8, 4) is 0 Å². The lowest BCUT2D eigenvalue weighted by molar-refractivity contribution is -0.143. The van der Waals surface area contributed by atoms with Crippen molar-refractivity contribution in [2.45, 2.75) is 52.7 Å². The van der Waals surface area contributed by atoms with E-state index in [-0.39, 0.29) is 18.1 Å². The maximum absolute atomic E-state index is 11.5. The molecule has 0 fully saturated rings. The number of rotatable bonds is 6. The van der Waals surface area contributed by atoms with Crippen molar-refractivity contribution >= 4 is 17.2 Å². The van der Waals surface area contributed by atoms with Gasteiger partial charge in [-0.05, 0) is 57.4 Å². The van der Waals surface area contributed by atoms with E-state index in [0.29, 0.717) is 13.0 Å². The summed E-state index contributed by atoms with van der Waals surface area (Å²) in [4.78, 5) is 13.9. The summed E-state index contributed by atoms with van der Waals surface area (Å²) in [7, 11) is 0. The molecule has 0 unspecified atom stereocenters. The average Bonchev–Trinajstić information content (AvgIpc) is 2.50. The summed E-state index contributed by atoms with van der Waals surface area (Å²) in [6.07, 6.45) is 3.45. The summed E-state index contributed by atoms with van der Waals surface area (Å²) < 4.78 is 5.00. The fourth-order valence-corrected chi connectivity index (χ4v) is 3.25. The molecule has 0 atom stereocenters. The number of anilines is 1. The van der Waals surface area contributed by atoms with Crippen LogP contribution in [0.4, 0.5) is 5.69 Å². The molecule has 1 N–H and O–H groups in total. The highest BCUT2D eigenvalue weighted by Crippen LogP contribution is 2.39. The van der Waals surface area contributed by atoms with Crippen molar-refractivity contribution in [3.63, 3.8) is 0 Å². The zero-order chi connectivity index (χ0) is 17.0. The Labute approximate surface area is 138 Å². The second-order valence-corrected chi connectivity index (χ2v) is 6.55. The molecule has 4 nitrogen and oxygen atoms in total. The van der Waals surface area contributed by atoms with E-state index in [9.17, 15) is 9.90 Å². The third-order valence-electron chi connectivity index (χ3n) is 4.29. The zero-order valence-corrected chi connectivity index (χ0v) is 14.6. The molecule has 0 aromatic heterocycles. The minimum atomic E-state index is -0.134. The Hall–Kier alpha value is -1.81. The van der Waals surface area contributed by atoms with Gasteiger partial charge in [-0.25, -0.2) is 0 Å². The fourth-order valence-electron chi connectivity index (χ4n) is 3.25. The van der Waals surface area contributed by atoms with Crippen LogP contribution in [0.25, 0.3) is 5.57 Å². The van der Waals surface area contributed by atoms with Gasteiger partial charge in [-0.15, -0.1) is 0 Å². The van der Waals surface area contributed by atoms with Crippen LogP contribution in [0.3, 0.4) is 0 Å². The van der Waals surface area contributed by atoms with Gasteiger partial charge < -0.3 is 14.7 Å². The highest BCUT2D eigenvalue weighted by Gasteiger charge is 2.31. The molecule has 0 amide bonds. The van der Waals surface area contributed by atoms with Crippen molar-refractivity contribution in [2.75, 3.05) is 18.1 Å². The molecule has 0 saturated heterocycles. The molecule has 0 bridgehead atoms. The van der Waals surface area contributed by atoms with E-state index in [0.717, 1.165) is 29.8 Å². The first-order valence-electron chi connectivity index (χ1n) is 8.26. The number of nitrogens with zero attached hydrogens (tertiary/aromatic N) is 1. The number of esters is 1. The van der Waals surface area contributed by atoms with E-state index in [4.69, 9.17) is 4.74 Å². The van der Waals surface area contributed by atoms with Crippen LogP contribution in [0.2, 0.25) is 0 Å². The van der Waals surface area contributed by atoms with Gasteiger partial charge in [0.25, 0.3) is 0 Å². The summed E-state index contributed by atoms with van der Waals surface area (Å²) in [6.45, 7) is 9.58. The van der Waals surface area contributed by atoms with Crippen LogP contribution in [0, 0.1) is 0 Å². The highest BCUT2D eigenvalue weighted by molar-refractivity contribution is 5.81. The highest BCUT2D eigenvalue weighted by atomic mass is 16.5. The van der Waals surface area contributed by atoms with Crippen LogP contribution in [0.5, 0.6) is 0 Å². The van der Waals surface area contributed by atoms with E-state index >= 15 is 0 Å². The Bertz CT molecular complexity index is 605. The van der Waals surface area contributed by atoms with Crippen LogP contribution < -0.4 is 4.90 Å². The molecule has 0 aliphatic carbocycles. The zero-order valence-electron chi connectivity index (χ0n) is 14.6. The number of carbonyl (C=O) groups is 1. The largest absolute Gasteiger partial charge is 0.466 e. The van der Waals surface area contributed by atoms with Crippen LogP contribution in [0.15, 0.2) is 24.3 Å². The molecule has 2 rings (SSSR count). The molecule has 1 aromatic carbocycles. The molecule has 1 aliphatic heterocycles. The molecular formula is C19H27NO3. The second-order valence-electron chi connectivity index (χ2n) is 6.55. The molecule has 4 heteroatoms. The maximum atomic E-state index is 11.5. The lowest BCUT2D eigenvalue weighted by atomic mass is 9.88. The fraction of sp³-hybridized carbons (Fsp3) is 0.526. The van der Waals surface area contributed by atoms with Crippen molar-refractivity contribution in [1.29, 1.82) is 0 Å². The molecule has 0 saturated carbocycles. The second kappa shape index (κ2) is 7.18. The number of allylic oxidation sites excluding steroid dienone is 1. The van der Waals surface area contributed by atoms with Crippen molar-refractivity contribution in [2.24, 2.45) is 0 Å². The van der Waals surface area contributed by atoms with E-state index < -0.39 is 0 Å². The first kappa shape index (κ1) is 17.5. The van der Waals surface area contributed by atoms with E-state index in [2.05, 4.69) is 43.9 Å². The summed E-state index contributed by atoms with van der Waals surface area (Å²) >= 11 is 0. The predicted molar refractivity (Wildman–Crippen MR) is 93.3 cm³/mol. The van der Waals surface area contributed by atoms with Crippen LogP contribution in [-0.2, 0) is 16.1 Å². The Kier molecular flexibility index (Phi) is 5.47. The minimum absolute atomic E-state index is 0.0484. The number of aliphatic hydroxyl groups excluding tert-OH is 1. The van der Waals surface area contributed by atoms with Gasteiger partial charge in [0, 0.05) is 24.2 Å². The molecule has 1 aliphatic rings. The third kappa shape index (κ3) is 3.94. The van der Waals surface area contributed by atoms with Crippen LogP contribution in [0.1, 0.15) is 51.7 Å². The van der Waals surface area contributed by atoms with Gasteiger partial charge in [0.15, 0.2) is 0 Å². The van der Waals surface area contributed by atoms with Gasteiger partial charge in [0.2, 0.25) is 0 Å². The topological polar surface area (TPSA) is 49.8 Å². The SMILES string of the molecule is CCOC(=O)CCCN1c2ccc(CO)cc2C(C)=CC1(C)C. The van der Waals surface area contributed by atoms with Gasteiger partial charge in [-0.3, -0.25) is 4.79 Å². The first-order valence-corrected chi connectivity index (χ1v) is 8.26. The third-order valence-corrected chi connectivity index (χ3v) is 4.29. The van der Waals surface area contributed by atoms with Gasteiger partial charge in [-0.2, -0.15) is 0 Å². The number of hydrogen-bond acceptors (Lipinski definition) is 4. The number of carbonyl (C=O) groups excluding carboxylic acids is 1. The normalized spacial score (nSPS) is 15.9. The molecule has 1 aromatic rings. The molecule has 126 valence electrons. The number of fused-ring (bicyclic) bond motifs is 1. The standard InChI is InChI=1S/C19H27NO3/c1-5-23-18(22)7-6-10-20-17-9-8-15(13-21)11-16(17)14(2)12-19(20,3)4/h8-9,11-12,21H,5-7,10,13H2,1-4H3. The molecule has 1 heterocycles. The summed E-state index contributed by atoms with van der Waals surface area (Å²) in [5.74, 6) is -0.134. The smallest absolute Gasteiger partial charge is 0.305 e.